The topological polar surface area (TPSA) is 27.7 Å². The van der Waals surface area contributed by atoms with Gasteiger partial charge in [0.15, 0.2) is 22.8 Å². The zero-order chi connectivity index (χ0) is 63.3. The molecular formula is C54H63Cl24O3P. The van der Waals surface area contributed by atoms with Crippen molar-refractivity contribution >= 4 is 287 Å². The smallest absolute Gasteiger partial charge is 0.408 e. The Labute approximate surface area is 607 Å². The average molecular weight is 1640 g/mol. The fourth-order valence-electron chi connectivity index (χ4n) is 9.32. The van der Waals surface area contributed by atoms with Crippen LogP contribution in [0.2, 0.25) is 0 Å². The third-order valence-electron chi connectivity index (χ3n) is 12.4. The van der Waals surface area contributed by atoms with Crippen molar-refractivity contribution in [3.8, 4) is 17.2 Å². The molecule has 3 nitrogen and oxygen atoms in total. The molecule has 0 amide bonds. The van der Waals surface area contributed by atoms with Crippen LogP contribution in [0, 0.1) is 0 Å². The Morgan fingerprint density at radius 3 is 0.585 bits per heavy atom. The normalized spacial score (nSPS) is 16.4. The predicted octanol–water partition coefficient (Wildman–Crippen LogP) is 26.8. The maximum Gasteiger partial charge on any atom is 0.530 e. The molecule has 0 saturated heterocycles. The summed E-state index contributed by atoms with van der Waals surface area (Å²) >= 11 is 158. The maximum absolute atomic E-state index is 7.22. The zero-order valence-electron chi connectivity index (χ0n) is 45.7. The molecule has 0 aliphatic rings. The Hall–Kier alpha value is 4.45. The minimum absolute atomic E-state index is 0.0224. The van der Waals surface area contributed by atoms with Crippen molar-refractivity contribution in [3.63, 3.8) is 0 Å². The van der Waals surface area contributed by atoms with Gasteiger partial charge in [0.25, 0.3) is 0 Å². The van der Waals surface area contributed by atoms with E-state index in [1.165, 1.54) is 0 Å². The van der Waals surface area contributed by atoms with E-state index in [0.29, 0.717) is 16.7 Å². The van der Waals surface area contributed by atoms with Crippen LogP contribution in [0.4, 0.5) is 0 Å². The third-order valence-corrected chi connectivity index (χ3v) is 18.0. The quantitative estimate of drug-likeness (QED) is 0.0661. The molecule has 0 heterocycles. The highest BCUT2D eigenvalue weighted by Crippen LogP contribution is 2.52. The van der Waals surface area contributed by atoms with Gasteiger partial charge in [-0.1, -0.05) is 289 Å². The summed E-state index contributed by atoms with van der Waals surface area (Å²) in [4.78, 5) is 0. The lowest BCUT2D eigenvalue weighted by molar-refractivity contribution is 0.380. The van der Waals surface area contributed by atoms with Crippen LogP contribution in [0.3, 0.4) is 0 Å². The van der Waals surface area contributed by atoms with E-state index in [1.807, 2.05) is 80.5 Å². The first-order chi connectivity index (χ1) is 36.7. The van der Waals surface area contributed by atoms with E-state index in [4.69, 9.17) is 292 Å². The summed E-state index contributed by atoms with van der Waals surface area (Å²) in [6, 6.07) is 11.1. The highest BCUT2D eigenvalue weighted by atomic mass is 35.6. The van der Waals surface area contributed by atoms with Crippen molar-refractivity contribution in [3.05, 3.63) is 86.5 Å². The van der Waals surface area contributed by atoms with Crippen LogP contribution >= 0.6 is 287 Å². The number of hydrogen-bond acceptors (Lipinski definition) is 3. The van der Waals surface area contributed by atoms with Crippen LogP contribution in [-0.2, 0) is 54.8 Å². The van der Waals surface area contributed by atoms with Gasteiger partial charge in [-0.3, -0.25) is 0 Å². The summed E-state index contributed by atoms with van der Waals surface area (Å²) in [6.07, 6.45) is 0.479. The minimum Gasteiger partial charge on any atom is -0.408 e. The first-order valence-electron chi connectivity index (χ1n) is 25.2. The number of benzene rings is 3. The fourth-order valence-corrected chi connectivity index (χ4v) is 17.5. The first-order valence-corrected chi connectivity index (χ1v) is 35.8. The molecule has 3 aromatic carbocycles. The van der Waals surface area contributed by atoms with Crippen molar-refractivity contribution in [1.82, 2.24) is 0 Å². The van der Waals surface area contributed by atoms with E-state index in [-0.39, 0.29) is 94.3 Å². The number of halogens is 24. The summed E-state index contributed by atoms with van der Waals surface area (Å²) in [5, 5.41) is -4.51. The summed E-state index contributed by atoms with van der Waals surface area (Å²) in [5.41, 5.74) is 5.09. The molecule has 3 rings (SSSR count). The second kappa shape index (κ2) is 32.7. The molecule has 0 aliphatic heterocycles. The summed E-state index contributed by atoms with van der Waals surface area (Å²) < 4.78 is 11.3. The van der Waals surface area contributed by atoms with Gasteiger partial charge in [0, 0.05) is 70.8 Å². The molecule has 6 atom stereocenters. The van der Waals surface area contributed by atoms with E-state index >= 15 is 0 Å². The minimum atomic E-state index is -2.72. The van der Waals surface area contributed by atoms with Gasteiger partial charge in [0.2, 0.25) is 0 Å². The van der Waals surface area contributed by atoms with Gasteiger partial charge in [-0.15, -0.1) is 69.6 Å². The summed E-state index contributed by atoms with van der Waals surface area (Å²) in [6.45, 7) is 18.4. The van der Waals surface area contributed by atoms with Crippen molar-refractivity contribution in [1.29, 1.82) is 0 Å². The molecule has 3 aromatic rings. The predicted molar refractivity (Wildman–Crippen MR) is 374 cm³/mol. The number of alkyl halides is 24. The Balaban J connectivity index is 2.71. The number of hydrogen-bond donors (Lipinski definition) is 0. The standard InChI is InChI=1S/C54H63Cl24O3P/c1-46(2,3)40-10-13-43(37(19-31(58)25-52(70,71)72)34(40)16-28(55)22-49(61,62)63)79-82(80-44-14-11-41(47(4,5)6)35(17-29(56)23-50(64,65)66)38(44)20-32(59)26-53(73,74)75)81-45-15-12-42(48(7,8)9)36(18-30(57)24-51(67,68)69)39(45)21-33(60)27-54(76,77)78/h10-15,28-33H,16-27H2,1-9H3. The Bertz CT molecular complexity index is 2250. The molecule has 0 aromatic heterocycles. The van der Waals surface area contributed by atoms with Gasteiger partial charge >= 0.3 is 8.60 Å². The second-order valence-corrected chi connectivity index (χ2v) is 43.0. The molecule has 0 bridgehead atoms. The SMILES string of the molecule is CC(C)(C)c1ccc(OP(Oc2ccc(C(C)(C)C)c(CC(Cl)CC(Cl)(Cl)Cl)c2CC(Cl)CC(Cl)(Cl)Cl)Oc2ccc(C(C)(C)C)c(CC(Cl)CC(Cl)(Cl)Cl)c2CC(Cl)CC(Cl)(Cl)Cl)c(CC(Cl)CC(Cl)(Cl)Cl)c1CC(Cl)CC(Cl)(Cl)Cl. The lowest BCUT2D eigenvalue weighted by atomic mass is 9.79. The molecule has 0 radical (unpaired) electrons. The van der Waals surface area contributed by atoms with Gasteiger partial charge in [0.05, 0.1) is 0 Å². The summed E-state index contributed by atoms with van der Waals surface area (Å²) in [5.74, 6) is 0.772. The Morgan fingerprint density at radius 1 is 0.280 bits per heavy atom. The molecule has 82 heavy (non-hydrogen) atoms. The first kappa shape index (κ1) is 80.7. The molecule has 0 fully saturated rings. The Kier molecular flexibility index (Phi) is 32.2. The van der Waals surface area contributed by atoms with Gasteiger partial charge in [-0.2, -0.15) is 0 Å². The van der Waals surface area contributed by atoms with Gasteiger partial charge < -0.3 is 13.6 Å². The van der Waals surface area contributed by atoms with Gasteiger partial charge in [0.1, 0.15) is 17.2 Å². The van der Waals surface area contributed by atoms with Gasteiger partial charge in [-0.25, -0.2) is 0 Å². The van der Waals surface area contributed by atoms with Crippen LogP contribution in [0.1, 0.15) is 151 Å². The molecule has 470 valence electrons. The Morgan fingerprint density at radius 2 is 0.439 bits per heavy atom. The molecule has 0 N–H and O–H groups in total. The fraction of sp³-hybridized carbons (Fsp3) is 0.667. The molecule has 6 unspecified atom stereocenters. The van der Waals surface area contributed by atoms with Crippen LogP contribution < -0.4 is 13.6 Å². The molecule has 0 spiro atoms. The van der Waals surface area contributed by atoms with E-state index in [0.717, 1.165) is 33.4 Å². The monoisotopic (exact) mass is 1630 g/mol. The van der Waals surface area contributed by atoms with Crippen molar-refractivity contribution in [2.24, 2.45) is 0 Å². The second-order valence-electron chi connectivity index (χ2n) is 23.2. The lowest BCUT2D eigenvalue weighted by Crippen LogP contribution is -2.24. The largest absolute Gasteiger partial charge is 0.530 e. The third kappa shape index (κ3) is 30.2. The molecule has 0 aliphatic carbocycles. The van der Waals surface area contributed by atoms with Crippen LogP contribution in [-0.4, -0.2) is 55.0 Å². The van der Waals surface area contributed by atoms with Crippen LogP contribution in [0.25, 0.3) is 0 Å². The van der Waals surface area contributed by atoms with Gasteiger partial charge in [-0.05, 0) is 123 Å². The molecule has 28 heteroatoms. The maximum atomic E-state index is 7.22. The molecular weight excluding hydrogens is 1580 g/mol. The lowest BCUT2D eigenvalue weighted by Gasteiger charge is -2.32. The highest BCUT2D eigenvalue weighted by Gasteiger charge is 2.38. The highest BCUT2D eigenvalue weighted by molar-refractivity contribution is 7.43. The van der Waals surface area contributed by atoms with Crippen LogP contribution in [0.5, 0.6) is 17.2 Å². The summed E-state index contributed by atoms with van der Waals surface area (Å²) in [7, 11) is -2.72. The van der Waals surface area contributed by atoms with Crippen molar-refractivity contribution in [2.75, 3.05) is 0 Å². The average Bonchev–Trinajstić information content (AvgIpc) is 3.32. The van der Waals surface area contributed by atoms with Crippen molar-refractivity contribution in [2.45, 2.75) is 211 Å². The van der Waals surface area contributed by atoms with E-state index in [9.17, 15) is 0 Å². The van der Waals surface area contributed by atoms with Crippen molar-refractivity contribution < 1.29 is 13.6 Å². The zero-order valence-corrected chi connectivity index (χ0v) is 64.7. The van der Waals surface area contributed by atoms with E-state index < -0.39 is 79.9 Å². The van der Waals surface area contributed by atoms with E-state index in [1.54, 1.807) is 18.2 Å². The van der Waals surface area contributed by atoms with E-state index in [2.05, 4.69) is 0 Å². The number of rotatable bonds is 24. The van der Waals surface area contributed by atoms with Crippen LogP contribution in [0.15, 0.2) is 36.4 Å². The molecule has 0 saturated carbocycles.